The molecule has 2 fully saturated rings. The van der Waals surface area contributed by atoms with Gasteiger partial charge in [-0.05, 0) is 25.7 Å². The number of piperidine rings is 1. The van der Waals surface area contributed by atoms with Gasteiger partial charge in [0.1, 0.15) is 5.78 Å². The van der Waals surface area contributed by atoms with Gasteiger partial charge in [-0.25, -0.2) is 0 Å². The van der Waals surface area contributed by atoms with Crippen LogP contribution in [0.5, 0.6) is 0 Å². The van der Waals surface area contributed by atoms with Gasteiger partial charge in [0.25, 0.3) is 0 Å². The van der Waals surface area contributed by atoms with Gasteiger partial charge < -0.3 is 9.64 Å². The molecule has 0 N–H and O–H groups in total. The van der Waals surface area contributed by atoms with E-state index >= 15 is 0 Å². The molecule has 1 unspecified atom stereocenters. The van der Waals surface area contributed by atoms with Crippen molar-refractivity contribution in [2.45, 2.75) is 64.0 Å². The maximum absolute atomic E-state index is 12.0. The minimum absolute atomic E-state index is 0.0132. The molecule has 1 atom stereocenters. The van der Waals surface area contributed by atoms with Gasteiger partial charge in [-0.3, -0.25) is 9.59 Å². The fraction of sp³-hybridized carbons (Fsp3) is 0.857. The van der Waals surface area contributed by atoms with Crippen LogP contribution in [-0.2, 0) is 14.3 Å². The van der Waals surface area contributed by atoms with E-state index in [-0.39, 0.29) is 29.8 Å². The maximum Gasteiger partial charge on any atom is 0.230 e. The quantitative estimate of drug-likeness (QED) is 0.722. The lowest BCUT2D eigenvalue weighted by Crippen LogP contribution is -2.52. The zero-order valence-electron chi connectivity index (χ0n) is 11.4. The van der Waals surface area contributed by atoms with E-state index < -0.39 is 0 Å². The average Bonchev–Trinajstić information content (AvgIpc) is 2.38. The van der Waals surface area contributed by atoms with Crippen LogP contribution in [0, 0.1) is 0 Å². The zero-order valence-corrected chi connectivity index (χ0v) is 11.4. The number of hydrogen-bond donors (Lipinski definition) is 0. The van der Waals surface area contributed by atoms with Crippen molar-refractivity contribution in [2.75, 3.05) is 13.2 Å². The molecule has 18 heavy (non-hydrogen) atoms. The van der Waals surface area contributed by atoms with Crippen LogP contribution in [0.4, 0.5) is 0 Å². The van der Waals surface area contributed by atoms with E-state index in [1.165, 1.54) is 0 Å². The van der Waals surface area contributed by atoms with Crippen LogP contribution in [0.2, 0.25) is 0 Å². The second-order valence-electron chi connectivity index (χ2n) is 5.44. The largest absolute Gasteiger partial charge is 0.375 e. The number of Topliss-reactive ketones (excluding diaryl/α,β-unsaturated/α-hetero) is 1. The molecule has 2 rings (SSSR count). The summed E-state index contributed by atoms with van der Waals surface area (Å²) in [5, 5.41) is 0. The molecule has 2 aliphatic heterocycles. The topological polar surface area (TPSA) is 46.6 Å². The van der Waals surface area contributed by atoms with Crippen LogP contribution in [-0.4, -0.2) is 41.4 Å². The molecule has 0 aromatic heterocycles. The van der Waals surface area contributed by atoms with Gasteiger partial charge in [-0.15, -0.1) is 0 Å². The summed E-state index contributed by atoms with van der Waals surface area (Å²) in [6.45, 7) is 5.62. The molecule has 2 saturated heterocycles. The Labute approximate surface area is 109 Å². The molecule has 0 saturated carbocycles. The van der Waals surface area contributed by atoms with Crippen molar-refractivity contribution < 1.29 is 14.3 Å². The Bertz CT molecular complexity index is 336. The van der Waals surface area contributed by atoms with Gasteiger partial charge in [0.2, 0.25) is 5.91 Å². The van der Waals surface area contributed by atoms with Crippen molar-refractivity contribution in [2.24, 2.45) is 0 Å². The van der Waals surface area contributed by atoms with E-state index in [1.54, 1.807) is 0 Å². The number of carbonyl (C=O) groups excluding carboxylic acids is 2. The third-order valence-corrected chi connectivity index (χ3v) is 4.50. The zero-order chi connectivity index (χ0) is 13.2. The number of likely N-dealkylation sites (tertiary alicyclic amines) is 1. The second-order valence-corrected chi connectivity index (χ2v) is 5.44. The molecule has 0 aromatic carbocycles. The second kappa shape index (κ2) is 5.39. The lowest BCUT2D eigenvalue weighted by molar-refractivity contribution is -0.150. The van der Waals surface area contributed by atoms with Crippen molar-refractivity contribution in [1.82, 2.24) is 4.90 Å². The highest BCUT2D eigenvalue weighted by Gasteiger charge is 2.39. The van der Waals surface area contributed by atoms with Crippen LogP contribution in [0.15, 0.2) is 0 Å². The molecule has 1 amide bonds. The third kappa shape index (κ3) is 2.58. The highest BCUT2D eigenvalue weighted by molar-refractivity contribution is 6.00. The summed E-state index contributed by atoms with van der Waals surface area (Å²) < 4.78 is 5.94. The molecule has 0 aromatic rings. The van der Waals surface area contributed by atoms with E-state index in [0.717, 1.165) is 32.3 Å². The molecule has 2 aliphatic rings. The molecule has 0 radical (unpaired) electrons. The van der Waals surface area contributed by atoms with Gasteiger partial charge in [-0.2, -0.15) is 0 Å². The van der Waals surface area contributed by atoms with Crippen LogP contribution < -0.4 is 0 Å². The van der Waals surface area contributed by atoms with Gasteiger partial charge >= 0.3 is 0 Å². The predicted octanol–water partition coefficient (Wildman–Crippen LogP) is 1.92. The SMILES string of the molecule is CCC1(CC)CC(N2CCC(=O)CC2=O)CCO1. The number of carbonyl (C=O) groups is 2. The fourth-order valence-corrected chi connectivity index (χ4v) is 3.13. The van der Waals surface area contributed by atoms with E-state index in [1.807, 2.05) is 4.90 Å². The summed E-state index contributed by atoms with van der Waals surface area (Å²) in [6.07, 6.45) is 4.42. The molecule has 102 valence electrons. The van der Waals surface area contributed by atoms with E-state index in [0.29, 0.717) is 13.0 Å². The molecule has 0 aliphatic carbocycles. The molecular formula is C14H23NO3. The molecule has 4 nitrogen and oxygen atoms in total. The van der Waals surface area contributed by atoms with Gasteiger partial charge in [0.15, 0.2) is 0 Å². The number of hydrogen-bond acceptors (Lipinski definition) is 3. The Morgan fingerprint density at radius 3 is 2.67 bits per heavy atom. The van der Waals surface area contributed by atoms with Crippen molar-refractivity contribution >= 4 is 11.7 Å². The summed E-state index contributed by atoms with van der Waals surface area (Å²) in [5.74, 6) is 0.0970. The van der Waals surface area contributed by atoms with E-state index in [4.69, 9.17) is 4.74 Å². The van der Waals surface area contributed by atoms with Crippen molar-refractivity contribution in [3.05, 3.63) is 0 Å². The minimum atomic E-state index is -0.0648. The Hall–Kier alpha value is -0.900. The molecule has 2 heterocycles. The summed E-state index contributed by atoms with van der Waals surface area (Å²) in [5.41, 5.74) is -0.0648. The van der Waals surface area contributed by atoms with Crippen LogP contribution >= 0.6 is 0 Å². The lowest BCUT2D eigenvalue weighted by atomic mass is 9.84. The fourth-order valence-electron chi connectivity index (χ4n) is 3.13. The molecule has 4 heteroatoms. The van der Waals surface area contributed by atoms with Crippen molar-refractivity contribution in [1.29, 1.82) is 0 Å². The highest BCUT2D eigenvalue weighted by atomic mass is 16.5. The Kier molecular flexibility index (Phi) is 4.05. The monoisotopic (exact) mass is 253 g/mol. The Balaban J connectivity index is 2.04. The first-order chi connectivity index (χ1) is 8.60. The summed E-state index contributed by atoms with van der Waals surface area (Å²) in [7, 11) is 0. The van der Waals surface area contributed by atoms with E-state index in [9.17, 15) is 9.59 Å². The van der Waals surface area contributed by atoms with Gasteiger partial charge in [0, 0.05) is 25.6 Å². The van der Waals surface area contributed by atoms with E-state index in [2.05, 4.69) is 13.8 Å². The molecule has 0 spiro atoms. The number of ketones is 1. The van der Waals surface area contributed by atoms with Gasteiger partial charge in [-0.1, -0.05) is 13.8 Å². The number of nitrogens with zero attached hydrogens (tertiary/aromatic N) is 1. The Morgan fingerprint density at radius 1 is 1.33 bits per heavy atom. The lowest BCUT2D eigenvalue weighted by Gasteiger charge is -2.45. The first kappa shape index (κ1) is 13.5. The Morgan fingerprint density at radius 2 is 2.06 bits per heavy atom. The van der Waals surface area contributed by atoms with Crippen LogP contribution in [0.1, 0.15) is 52.4 Å². The first-order valence-electron chi connectivity index (χ1n) is 7.05. The summed E-state index contributed by atoms with van der Waals surface area (Å²) in [6, 6.07) is 0.263. The summed E-state index contributed by atoms with van der Waals surface area (Å²) >= 11 is 0. The normalized spacial score (nSPS) is 28.6. The number of amides is 1. The standard InChI is InChI=1S/C14H23NO3/c1-3-14(4-2)10-11(6-8-18-14)15-7-5-12(16)9-13(15)17/h11H,3-10H2,1-2H3. The maximum atomic E-state index is 12.0. The first-order valence-corrected chi connectivity index (χ1v) is 7.05. The molecular weight excluding hydrogens is 230 g/mol. The summed E-state index contributed by atoms with van der Waals surface area (Å²) in [4.78, 5) is 25.1. The number of rotatable bonds is 3. The smallest absolute Gasteiger partial charge is 0.230 e. The van der Waals surface area contributed by atoms with Crippen LogP contribution in [0.3, 0.4) is 0 Å². The van der Waals surface area contributed by atoms with Crippen molar-refractivity contribution in [3.63, 3.8) is 0 Å². The predicted molar refractivity (Wildman–Crippen MR) is 68.2 cm³/mol. The average molecular weight is 253 g/mol. The van der Waals surface area contributed by atoms with Crippen molar-refractivity contribution in [3.8, 4) is 0 Å². The minimum Gasteiger partial charge on any atom is -0.375 e. The molecule has 0 bridgehead atoms. The highest BCUT2D eigenvalue weighted by Crippen LogP contribution is 2.34. The number of ether oxygens (including phenoxy) is 1. The van der Waals surface area contributed by atoms with Crippen LogP contribution in [0.25, 0.3) is 0 Å². The third-order valence-electron chi connectivity index (χ3n) is 4.50. The van der Waals surface area contributed by atoms with Gasteiger partial charge in [0.05, 0.1) is 12.0 Å².